The molecule has 1 N–H and O–H groups in total. The lowest BCUT2D eigenvalue weighted by molar-refractivity contribution is -0.112. The molecule has 2 aromatic carbocycles. The molecule has 0 amide bonds. The second kappa shape index (κ2) is 8.09. The number of aromatic amines is 1. The number of allylic oxidation sites excluding steroid dienone is 1. The van der Waals surface area contributed by atoms with E-state index in [4.69, 9.17) is 34.8 Å². The summed E-state index contributed by atoms with van der Waals surface area (Å²) in [7, 11) is -4.14. The SMILES string of the molecule is O=C(/C=C/c1ccc(Cl)cc1Cl)CS(=O)(=O)c1cc2ccc(Cl)cc2[nH]c1=O. The van der Waals surface area contributed by atoms with Crippen molar-refractivity contribution in [3.05, 3.63) is 79.5 Å². The average molecular weight is 457 g/mol. The van der Waals surface area contributed by atoms with Gasteiger partial charge >= 0.3 is 0 Å². The zero-order valence-electron chi connectivity index (χ0n) is 14.1. The van der Waals surface area contributed by atoms with Gasteiger partial charge in [-0.25, -0.2) is 8.42 Å². The van der Waals surface area contributed by atoms with Gasteiger partial charge in [-0.15, -0.1) is 0 Å². The average Bonchev–Trinajstić information content (AvgIpc) is 2.59. The van der Waals surface area contributed by atoms with Crippen molar-refractivity contribution in [3.63, 3.8) is 0 Å². The Kier molecular flexibility index (Phi) is 5.95. The highest BCUT2D eigenvalue weighted by Crippen LogP contribution is 2.22. The smallest absolute Gasteiger partial charge is 0.267 e. The molecule has 0 unspecified atom stereocenters. The third-order valence-electron chi connectivity index (χ3n) is 3.85. The van der Waals surface area contributed by atoms with Crippen LogP contribution in [-0.2, 0) is 14.6 Å². The molecule has 3 rings (SSSR count). The van der Waals surface area contributed by atoms with Crippen LogP contribution in [0, 0.1) is 0 Å². The maximum Gasteiger partial charge on any atom is 0.267 e. The van der Waals surface area contributed by atoms with E-state index in [9.17, 15) is 18.0 Å². The summed E-state index contributed by atoms with van der Waals surface area (Å²) in [6.07, 6.45) is 2.49. The molecule has 0 saturated carbocycles. The van der Waals surface area contributed by atoms with Crippen molar-refractivity contribution in [2.24, 2.45) is 0 Å². The van der Waals surface area contributed by atoms with Gasteiger partial charge in [0.25, 0.3) is 5.56 Å². The summed E-state index contributed by atoms with van der Waals surface area (Å²) in [4.78, 5) is 26.3. The second-order valence-corrected chi connectivity index (χ2v) is 9.16. The number of halogens is 3. The van der Waals surface area contributed by atoms with Gasteiger partial charge in [-0.1, -0.05) is 46.9 Å². The summed E-state index contributed by atoms with van der Waals surface area (Å²) in [5.74, 6) is -1.54. The first kappa shape index (κ1) is 20.6. The lowest BCUT2D eigenvalue weighted by Crippen LogP contribution is -2.22. The quantitative estimate of drug-likeness (QED) is 0.571. The maximum atomic E-state index is 12.6. The van der Waals surface area contributed by atoms with Crippen molar-refractivity contribution in [3.8, 4) is 0 Å². The van der Waals surface area contributed by atoms with Gasteiger partial charge in [0.05, 0.1) is 0 Å². The van der Waals surface area contributed by atoms with Crippen LogP contribution in [0.1, 0.15) is 5.56 Å². The van der Waals surface area contributed by atoms with Crippen LogP contribution in [0.15, 0.2) is 58.2 Å². The molecular formula is C19H12Cl3NO4S. The molecule has 1 aromatic heterocycles. The number of rotatable bonds is 5. The molecular weight excluding hydrogens is 445 g/mol. The molecule has 3 aromatic rings. The van der Waals surface area contributed by atoms with Gasteiger partial charge in [-0.05, 0) is 53.4 Å². The first-order valence-corrected chi connectivity index (χ1v) is 10.7. The van der Waals surface area contributed by atoms with Gasteiger partial charge in [0.2, 0.25) is 0 Å². The Morgan fingerprint density at radius 2 is 1.68 bits per heavy atom. The third kappa shape index (κ3) is 4.64. The van der Waals surface area contributed by atoms with Crippen LogP contribution >= 0.6 is 34.8 Å². The molecule has 144 valence electrons. The lowest BCUT2D eigenvalue weighted by atomic mass is 10.2. The molecule has 0 atom stereocenters. The zero-order valence-corrected chi connectivity index (χ0v) is 17.2. The van der Waals surface area contributed by atoms with Gasteiger partial charge < -0.3 is 4.98 Å². The number of sulfone groups is 1. The van der Waals surface area contributed by atoms with E-state index in [-0.39, 0.29) is 0 Å². The fourth-order valence-electron chi connectivity index (χ4n) is 2.52. The fraction of sp³-hybridized carbons (Fsp3) is 0.0526. The summed E-state index contributed by atoms with van der Waals surface area (Å²) in [5, 5.41) is 1.65. The number of aromatic nitrogens is 1. The minimum atomic E-state index is -4.14. The molecule has 0 fully saturated rings. The monoisotopic (exact) mass is 455 g/mol. The largest absolute Gasteiger partial charge is 0.321 e. The Bertz CT molecular complexity index is 1280. The number of nitrogens with one attached hydrogen (secondary N) is 1. The van der Waals surface area contributed by atoms with E-state index >= 15 is 0 Å². The van der Waals surface area contributed by atoms with Crippen LogP contribution in [0.5, 0.6) is 0 Å². The molecule has 0 aliphatic carbocycles. The van der Waals surface area contributed by atoms with Crippen molar-refractivity contribution in [2.75, 3.05) is 5.75 Å². The van der Waals surface area contributed by atoms with Crippen molar-refractivity contribution >= 4 is 67.4 Å². The number of benzene rings is 2. The topological polar surface area (TPSA) is 84.1 Å². The number of ketones is 1. The highest BCUT2D eigenvalue weighted by molar-refractivity contribution is 7.92. The van der Waals surface area contributed by atoms with Crippen LogP contribution in [-0.4, -0.2) is 24.9 Å². The summed E-state index contributed by atoms with van der Waals surface area (Å²) in [5.41, 5.74) is 0.101. The van der Waals surface area contributed by atoms with E-state index in [0.29, 0.717) is 31.5 Å². The molecule has 28 heavy (non-hydrogen) atoms. The van der Waals surface area contributed by atoms with Crippen LogP contribution < -0.4 is 5.56 Å². The van der Waals surface area contributed by atoms with Gasteiger partial charge in [0.15, 0.2) is 15.6 Å². The van der Waals surface area contributed by atoms with Crippen LogP contribution in [0.25, 0.3) is 17.0 Å². The number of pyridine rings is 1. The van der Waals surface area contributed by atoms with Crippen LogP contribution in [0.4, 0.5) is 0 Å². The number of carbonyl (C=O) groups excluding carboxylic acids is 1. The maximum absolute atomic E-state index is 12.6. The Balaban J connectivity index is 1.87. The second-order valence-electron chi connectivity index (χ2n) is 5.92. The van der Waals surface area contributed by atoms with Gasteiger partial charge in [-0.2, -0.15) is 0 Å². The minimum Gasteiger partial charge on any atom is -0.321 e. The number of hydrogen-bond acceptors (Lipinski definition) is 4. The van der Waals surface area contributed by atoms with Gasteiger partial charge in [0, 0.05) is 20.6 Å². The minimum absolute atomic E-state index is 0.323. The van der Waals surface area contributed by atoms with Crippen molar-refractivity contribution in [2.45, 2.75) is 4.90 Å². The molecule has 0 aliphatic rings. The molecule has 0 bridgehead atoms. The summed E-state index contributed by atoms with van der Waals surface area (Å²) >= 11 is 17.7. The molecule has 0 saturated heterocycles. The lowest BCUT2D eigenvalue weighted by Gasteiger charge is -2.04. The van der Waals surface area contributed by atoms with Crippen LogP contribution in [0.3, 0.4) is 0 Å². The molecule has 5 nitrogen and oxygen atoms in total. The first-order valence-electron chi connectivity index (χ1n) is 7.87. The number of carbonyl (C=O) groups is 1. The van der Waals surface area contributed by atoms with E-state index in [2.05, 4.69) is 4.98 Å². The van der Waals surface area contributed by atoms with E-state index in [1.54, 1.807) is 24.3 Å². The number of hydrogen-bond donors (Lipinski definition) is 1. The third-order valence-corrected chi connectivity index (χ3v) is 6.29. The van der Waals surface area contributed by atoms with Gasteiger partial charge in [-0.3, -0.25) is 9.59 Å². The summed E-state index contributed by atoms with van der Waals surface area (Å²) in [6, 6.07) is 10.6. The standard InChI is InChI=1S/C19H12Cl3NO4S/c20-13-4-1-11(16(22)8-13)3-6-15(24)10-28(26,27)18-7-12-2-5-14(21)9-17(12)23-19(18)25/h1-9H,10H2,(H,23,25)/b6-3+. The van der Waals surface area contributed by atoms with Crippen LogP contribution in [0.2, 0.25) is 15.1 Å². The highest BCUT2D eigenvalue weighted by Gasteiger charge is 2.22. The molecule has 0 radical (unpaired) electrons. The predicted octanol–water partition coefficient (Wildman–Crippen LogP) is 4.54. The Morgan fingerprint density at radius 1 is 1.00 bits per heavy atom. The summed E-state index contributed by atoms with van der Waals surface area (Å²) < 4.78 is 25.1. The van der Waals surface area contributed by atoms with Gasteiger partial charge in [0.1, 0.15) is 10.6 Å². The Hall–Kier alpha value is -2.12. The fourth-order valence-corrected chi connectivity index (χ4v) is 4.43. The molecule has 9 heteroatoms. The highest BCUT2D eigenvalue weighted by atomic mass is 35.5. The first-order chi connectivity index (χ1) is 13.2. The number of fused-ring (bicyclic) bond motifs is 1. The van der Waals surface area contributed by atoms with E-state index in [1.807, 2.05) is 0 Å². The Morgan fingerprint density at radius 3 is 2.39 bits per heavy atom. The Labute approximate surface area is 175 Å². The summed E-state index contributed by atoms with van der Waals surface area (Å²) in [6.45, 7) is 0. The van der Waals surface area contributed by atoms with Crippen molar-refractivity contribution in [1.82, 2.24) is 4.98 Å². The number of H-pyrrole nitrogens is 1. The molecule has 1 heterocycles. The van der Waals surface area contributed by atoms with E-state index < -0.39 is 31.8 Å². The zero-order chi connectivity index (χ0) is 20.5. The van der Waals surface area contributed by atoms with Crippen molar-refractivity contribution < 1.29 is 13.2 Å². The predicted molar refractivity (Wildman–Crippen MR) is 112 cm³/mol. The molecule has 0 spiro atoms. The normalized spacial score (nSPS) is 12.0. The van der Waals surface area contributed by atoms with Crippen molar-refractivity contribution in [1.29, 1.82) is 0 Å². The van der Waals surface area contributed by atoms with E-state index in [1.165, 1.54) is 24.3 Å². The molecule has 0 aliphatic heterocycles. The van der Waals surface area contributed by atoms with E-state index in [0.717, 1.165) is 6.08 Å².